The minimum absolute atomic E-state index is 0. The average molecular weight is 351 g/mol. The van der Waals surface area contributed by atoms with E-state index in [9.17, 15) is 23.1 Å². The second-order valence-corrected chi connectivity index (χ2v) is 6.38. The average Bonchev–Trinajstić information content (AvgIpc) is 2.75. The molecule has 23 heavy (non-hydrogen) atoms. The molecule has 2 aliphatic rings. The third-order valence-corrected chi connectivity index (χ3v) is 4.69. The number of phenolic OH excluding ortho intramolecular Hbond substituents is 1. The number of anilines is 1. The van der Waals surface area contributed by atoms with Gasteiger partial charge >= 0.3 is 45.9 Å². The summed E-state index contributed by atoms with van der Waals surface area (Å²) in [4.78, 5) is 25.2. The van der Waals surface area contributed by atoms with Gasteiger partial charge in [-0.25, -0.2) is 9.10 Å². The SMILES string of the molecule is O=C(Nc1cccc(O)c1)N1CC[C@@H]2[C@H]1C(=O)N2S(=O)(=O)O.[NaH]. The molecule has 1 aromatic rings. The van der Waals surface area contributed by atoms with Gasteiger partial charge in [-0.1, -0.05) is 6.07 Å². The Hall–Kier alpha value is -1.33. The summed E-state index contributed by atoms with van der Waals surface area (Å²) < 4.78 is 31.5. The third-order valence-electron chi connectivity index (χ3n) is 3.74. The van der Waals surface area contributed by atoms with Gasteiger partial charge in [0, 0.05) is 18.3 Å². The minimum atomic E-state index is -4.59. The molecule has 11 heteroatoms. The number of phenols is 1. The van der Waals surface area contributed by atoms with Crippen molar-refractivity contribution >= 4 is 57.5 Å². The molecule has 1 aromatic carbocycles. The number of hydrogen-bond donors (Lipinski definition) is 3. The van der Waals surface area contributed by atoms with Crippen LogP contribution in [0.25, 0.3) is 0 Å². The normalized spacial score (nSPS) is 22.9. The number of carbonyl (C=O) groups excluding carboxylic acids is 2. The molecule has 2 atom stereocenters. The molecule has 0 spiro atoms. The van der Waals surface area contributed by atoms with Crippen LogP contribution in [0.5, 0.6) is 5.75 Å². The van der Waals surface area contributed by atoms with Gasteiger partial charge in [0.05, 0.1) is 6.04 Å². The van der Waals surface area contributed by atoms with E-state index in [0.717, 1.165) is 0 Å². The number of nitrogens with zero attached hydrogens (tertiary/aromatic N) is 2. The first-order valence-electron chi connectivity index (χ1n) is 6.46. The molecule has 0 radical (unpaired) electrons. The van der Waals surface area contributed by atoms with Crippen molar-refractivity contribution in [3.05, 3.63) is 24.3 Å². The molecular formula is C12H14N3NaO6S. The second kappa shape index (κ2) is 6.29. The van der Waals surface area contributed by atoms with Gasteiger partial charge in [0.2, 0.25) is 0 Å². The Morgan fingerprint density at radius 1 is 1.35 bits per heavy atom. The Kier molecular flexibility index (Phi) is 4.92. The van der Waals surface area contributed by atoms with Crippen molar-refractivity contribution in [2.45, 2.75) is 18.5 Å². The number of amides is 3. The fourth-order valence-electron chi connectivity index (χ4n) is 2.82. The van der Waals surface area contributed by atoms with Crippen molar-refractivity contribution < 1.29 is 27.7 Å². The first-order valence-corrected chi connectivity index (χ1v) is 7.86. The molecule has 2 aliphatic heterocycles. The van der Waals surface area contributed by atoms with E-state index in [-0.39, 0.29) is 48.3 Å². The van der Waals surface area contributed by atoms with E-state index in [1.54, 1.807) is 12.1 Å². The predicted octanol–water partition coefficient (Wildman–Crippen LogP) is -0.637. The summed E-state index contributed by atoms with van der Waals surface area (Å²) in [6, 6.07) is 3.72. The molecule has 120 valence electrons. The summed E-state index contributed by atoms with van der Waals surface area (Å²) in [6.45, 7) is 0.192. The zero-order chi connectivity index (χ0) is 16.1. The van der Waals surface area contributed by atoms with Gasteiger partial charge < -0.3 is 15.3 Å². The maximum atomic E-state index is 12.2. The zero-order valence-corrected chi connectivity index (χ0v) is 12.0. The van der Waals surface area contributed by atoms with Crippen molar-refractivity contribution in [1.29, 1.82) is 0 Å². The van der Waals surface area contributed by atoms with Crippen molar-refractivity contribution in [1.82, 2.24) is 9.21 Å². The van der Waals surface area contributed by atoms with Gasteiger partial charge in [0.1, 0.15) is 11.8 Å². The molecule has 9 nitrogen and oxygen atoms in total. The van der Waals surface area contributed by atoms with Gasteiger partial charge in [0.25, 0.3) is 5.91 Å². The van der Waals surface area contributed by atoms with E-state index in [2.05, 4.69) is 5.32 Å². The van der Waals surface area contributed by atoms with E-state index >= 15 is 0 Å². The maximum absolute atomic E-state index is 12.2. The van der Waals surface area contributed by atoms with Crippen LogP contribution in [0.2, 0.25) is 0 Å². The molecule has 0 unspecified atom stereocenters. The molecule has 3 rings (SSSR count). The Labute approximate surface area is 154 Å². The Balaban J connectivity index is 0.00000192. The standard InChI is InChI=1S/C12H13N3O6S.Na.H/c16-8-3-1-2-7(6-8)13-12(18)14-5-4-9-10(14)11(17)15(9)22(19,20)21;;/h1-3,6,9-10,16H,4-5H2,(H,13,18)(H,19,20,21);;/t9-,10+;;/m1../s1. The van der Waals surface area contributed by atoms with Crippen LogP contribution in [0.3, 0.4) is 0 Å². The molecule has 3 amide bonds. The fourth-order valence-corrected chi connectivity index (χ4v) is 3.72. The van der Waals surface area contributed by atoms with Crippen LogP contribution in [0.1, 0.15) is 6.42 Å². The summed E-state index contributed by atoms with van der Waals surface area (Å²) >= 11 is 0. The topological polar surface area (TPSA) is 127 Å². The van der Waals surface area contributed by atoms with Crippen LogP contribution in [-0.2, 0) is 15.1 Å². The summed E-state index contributed by atoms with van der Waals surface area (Å²) in [5.74, 6) is -0.842. The predicted molar refractivity (Wildman–Crippen MR) is 81.6 cm³/mol. The van der Waals surface area contributed by atoms with Crippen LogP contribution in [0.4, 0.5) is 10.5 Å². The molecule has 2 fully saturated rings. The van der Waals surface area contributed by atoms with Crippen LogP contribution >= 0.6 is 0 Å². The molecule has 0 bridgehead atoms. The number of fused-ring (bicyclic) bond motifs is 1. The van der Waals surface area contributed by atoms with E-state index in [1.807, 2.05) is 0 Å². The monoisotopic (exact) mass is 351 g/mol. The van der Waals surface area contributed by atoms with Crippen molar-refractivity contribution in [2.75, 3.05) is 11.9 Å². The van der Waals surface area contributed by atoms with E-state index in [0.29, 0.717) is 9.99 Å². The number of urea groups is 1. The number of hydrogen-bond acceptors (Lipinski definition) is 5. The van der Waals surface area contributed by atoms with Crippen LogP contribution in [-0.4, -0.2) is 87.4 Å². The number of nitrogens with one attached hydrogen (secondary N) is 1. The second-order valence-electron chi connectivity index (χ2n) is 5.09. The van der Waals surface area contributed by atoms with E-state index < -0.39 is 34.3 Å². The van der Waals surface area contributed by atoms with Gasteiger partial charge in [-0.15, -0.1) is 0 Å². The van der Waals surface area contributed by atoms with Gasteiger partial charge in [-0.2, -0.15) is 8.42 Å². The summed E-state index contributed by atoms with van der Waals surface area (Å²) in [5.41, 5.74) is 0.354. The Morgan fingerprint density at radius 2 is 2.04 bits per heavy atom. The van der Waals surface area contributed by atoms with Crippen LogP contribution in [0.15, 0.2) is 24.3 Å². The Morgan fingerprint density at radius 3 is 2.65 bits per heavy atom. The summed E-state index contributed by atoms with van der Waals surface area (Å²) in [5, 5.41) is 11.9. The van der Waals surface area contributed by atoms with Gasteiger partial charge in [0.15, 0.2) is 0 Å². The number of carbonyl (C=O) groups is 2. The molecule has 0 saturated carbocycles. The summed E-state index contributed by atoms with van der Waals surface area (Å²) in [7, 11) is -4.59. The number of β-lactam (4-membered cyclic amide) rings is 1. The molecule has 0 aromatic heterocycles. The van der Waals surface area contributed by atoms with E-state index in [1.165, 1.54) is 17.0 Å². The van der Waals surface area contributed by atoms with E-state index in [4.69, 9.17) is 4.55 Å². The number of aromatic hydroxyl groups is 1. The molecule has 0 aliphatic carbocycles. The number of likely N-dealkylation sites (tertiary alicyclic amines) is 1. The van der Waals surface area contributed by atoms with Gasteiger partial charge in [-0.05, 0) is 18.6 Å². The molecule has 3 N–H and O–H groups in total. The first-order chi connectivity index (χ1) is 10.3. The molecule has 2 saturated heterocycles. The van der Waals surface area contributed by atoms with Crippen LogP contribution < -0.4 is 5.32 Å². The Bertz CT molecular complexity index is 755. The van der Waals surface area contributed by atoms with Crippen molar-refractivity contribution in [3.63, 3.8) is 0 Å². The van der Waals surface area contributed by atoms with Gasteiger partial charge in [-0.3, -0.25) is 9.35 Å². The van der Waals surface area contributed by atoms with Crippen LogP contribution in [0, 0.1) is 0 Å². The fraction of sp³-hybridized carbons (Fsp3) is 0.333. The zero-order valence-electron chi connectivity index (χ0n) is 11.2. The first kappa shape index (κ1) is 18.0. The number of benzene rings is 1. The summed E-state index contributed by atoms with van der Waals surface area (Å²) in [6.07, 6.45) is 0.268. The van der Waals surface area contributed by atoms with Crippen molar-refractivity contribution in [2.24, 2.45) is 0 Å². The third kappa shape index (κ3) is 3.17. The number of rotatable bonds is 2. The molecular weight excluding hydrogens is 337 g/mol. The quantitative estimate of drug-likeness (QED) is 0.370. The molecule has 2 heterocycles. The van der Waals surface area contributed by atoms with Crippen molar-refractivity contribution in [3.8, 4) is 5.75 Å².